The number of aliphatic hydroxyl groups is 1. The molecule has 106 valence electrons. The Morgan fingerprint density at radius 1 is 1.10 bits per heavy atom. The fourth-order valence-electron chi connectivity index (χ4n) is 3.43. The number of hydrogen-bond acceptors (Lipinski definition) is 3. The zero-order valence-corrected chi connectivity index (χ0v) is 12.2. The molecule has 20 heavy (non-hydrogen) atoms. The minimum Gasteiger partial charge on any atom is -0.388 e. The molecule has 0 spiro atoms. The van der Waals surface area contributed by atoms with Crippen molar-refractivity contribution in [1.29, 1.82) is 0 Å². The van der Waals surface area contributed by atoms with Gasteiger partial charge in [-0.1, -0.05) is 25.1 Å². The van der Waals surface area contributed by atoms with E-state index in [1.807, 2.05) is 30.3 Å². The summed E-state index contributed by atoms with van der Waals surface area (Å²) >= 11 is 0. The summed E-state index contributed by atoms with van der Waals surface area (Å²) in [5, 5.41) is 11.9. The third-order valence-corrected chi connectivity index (χ3v) is 4.68. The second kappa shape index (κ2) is 5.15. The quantitative estimate of drug-likeness (QED) is 0.911. The minimum absolute atomic E-state index is 0.0712. The number of rotatable bonds is 2. The van der Waals surface area contributed by atoms with E-state index in [-0.39, 0.29) is 18.1 Å². The van der Waals surface area contributed by atoms with Crippen LogP contribution in [0.25, 0.3) is 10.9 Å². The van der Waals surface area contributed by atoms with Crippen LogP contribution in [-0.2, 0) is 4.74 Å². The van der Waals surface area contributed by atoms with Gasteiger partial charge in [-0.2, -0.15) is 0 Å². The summed E-state index contributed by atoms with van der Waals surface area (Å²) in [4.78, 5) is 4.36. The second-order valence-corrected chi connectivity index (χ2v) is 5.84. The standard InChI is InChI=1S/C17H21NO2/c1-10-11(2)20-12(3)16(10)17(19)14-6-4-8-15-13(14)7-5-9-18-15/h4-12,16-17,19H,1-3H3. The van der Waals surface area contributed by atoms with Crippen molar-refractivity contribution in [1.82, 2.24) is 4.98 Å². The van der Waals surface area contributed by atoms with Gasteiger partial charge in [0, 0.05) is 17.5 Å². The van der Waals surface area contributed by atoms with Gasteiger partial charge in [0.15, 0.2) is 0 Å². The highest BCUT2D eigenvalue weighted by Crippen LogP contribution is 2.41. The first-order valence-corrected chi connectivity index (χ1v) is 7.26. The molecule has 1 aromatic heterocycles. The van der Waals surface area contributed by atoms with E-state index in [1.54, 1.807) is 6.20 Å². The van der Waals surface area contributed by atoms with Gasteiger partial charge in [-0.25, -0.2) is 0 Å². The Labute approximate surface area is 119 Å². The molecule has 5 atom stereocenters. The summed E-state index contributed by atoms with van der Waals surface area (Å²) in [6, 6.07) is 9.88. The second-order valence-electron chi connectivity index (χ2n) is 5.84. The Bertz CT molecular complexity index is 607. The van der Waals surface area contributed by atoms with Crippen molar-refractivity contribution in [2.75, 3.05) is 0 Å². The smallest absolute Gasteiger partial charge is 0.0852 e. The lowest BCUT2D eigenvalue weighted by molar-refractivity contribution is 0.0236. The number of aliphatic hydroxyl groups excluding tert-OH is 1. The van der Waals surface area contributed by atoms with Gasteiger partial charge in [0.05, 0.1) is 23.8 Å². The number of benzene rings is 1. The first kappa shape index (κ1) is 13.5. The molecule has 3 nitrogen and oxygen atoms in total. The van der Waals surface area contributed by atoms with E-state index in [4.69, 9.17) is 4.74 Å². The van der Waals surface area contributed by atoms with Crippen LogP contribution >= 0.6 is 0 Å². The van der Waals surface area contributed by atoms with Crippen LogP contribution in [0.1, 0.15) is 32.4 Å². The molecule has 0 bridgehead atoms. The van der Waals surface area contributed by atoms with Crippen molar-refractivity contribution < 1.29 is 9.84 Å². The van der Waals surface area contributed by atoms with Crippen molar-refractivity contribution in [3.8, 4) is 0 Å². The van der Waals surface area contributed by atoms with E-state index in [0.29, 0.717) is 5.92 Å². The molecule has 1 fully saturated rings. The van der Waals surface area contributed by atoms with Crippen molar-refractivity contribution in [2.24, 2.45) is 11.8 Å². The molecule has 0 aliphatic carbocycles. The molecule has 0 radical (unpaired) electrons. The molecule has 1 aromatic carbocycles. The van der Waals surface area contributed by atoms with Gasteiger partial charge >= 0.3 is 0 Å². The number of ether oxygens (including phenoxy) is 1. The van der Waals surface area contributed by atoms with Crippen LogP contribution in [-0.4, -0.2) is 22.3 Å². The molecule has 2 heterocycles. The van der Waals surface area contributed by atoms with E-state index in [9.17, 15) is 5.11 Å². The van der Waals surface area contributed by atoms with E-state index in [1.165, 1.54) is 0 Å². The van der Waals surface area contributed by atoms with Gasteiger partial charge in [-0.15, -0.1) is 0 Å². The Hall–Kier alpha value is -1.45. The molecule has 3 heteroatoms. The first-order chi connectivity index (χ1) is 9.59. The van der Waals surface area contributed by atoms with Gasteiger partial charge in [-0.3, -0.25) is 4.98 Å². The highest BCUT2D eigenvalue weighted by Gasteiger charge is 2.41. The average molecular weight is 271 g/mol. The van der Waals surface area contributed by atoms with Crippen LogP contribution in [0.3, 0.4) is 0 Å². The maximum Gasteiger partial charge on any atom is 0.0852 e. The fraction of sp³-hybridized carbons (Fsp3) is 0.471. The maximum atomic E-state index is 10.9. The third kappa shape index (κ3) is 2.11. The highest BCUT2D eigenvalue weighted by molar-refractivity contribution is 5.82. The molecule has 0 saturated carbocycles. The summed E-state index contributed by atoms with van der Waals surface area (Å²) < 4.78 is 5.87. The lowest BCUT2D eigenvalue weighted by atomic mass is 9.81. The van der Waals surface area contributed by atoms with E-state index in [0.717, 1.165) is 16.5 Å². The lowest BCUT2D eigenvalue weighted by Gasteiger charge is -2.25. The molecule has 1 N–H and O–H groups in total. The van der Waals surface area contributed by atoms with E-state index < -0.39 is 6.10 Å². The van der Waals surface area contributed by atoms with E-state index >= 15 is 0 Å². The number of aromatic nitrogens is 1. The van der Waals surface area contributed by atoms with Crippen LogP contribution in [0, 0.1) is 11.8 Å². The Balaban J connectivity index is 2.03. The van der Waals surface area contributed by atoms with Crippen LogP contribution in [0.2, 0.25) is 0 Å². The summed E-state index contributed by atoms with van der Waals surface area (Å²) in [5.74, 6) is 0.461. The predicted molar refractivity (Wildman–Crippen MR) is 79.4 cm³/mol. The molecule has 5 unspecified atom stereocenters. The molecular formula is C17H21NO2. The molecular weight excluding hydrogens is 250 g/mol. The van der Waals surface area contributed by atoms with Gasteiger partial charge in [0.1, 0.15) is 0 Å². The molecule has 2 aromatic rings. The number of pyridine rings is 1. The number of nitrogens with zero attached hydrogens (tertiary/aromatic N) is 1. The largest absolute Gasteiger partial charge is 0.388 e. The normalized spacial score (nSPS) is 31.6. The van der Waals surface area contributed by atoms with Crippen LogP contribution in [0.5, 0.6) is 0 Å². The molecule has 0 amide bonds. The number of fused-ring (bicyclic) bond motifs is 1. The molecule has 1 aliphatic heterocycles. The fourth-order valence-corrected chi connectivity index (χ4v) is 3.43. The minimum atomic E-state index is -0.516. The zero-order chi connectivity index (χ0) is 14.3. The van der Waals surface area contributed by atoms with Crippen LogP contribution in [0.15, 0.2) is 36.5 Å². The number of hydrogen-bond donors (Lipinski definition) is 1. The van der Waals surface area contributed by atoms with Gasteiger partial charge in [0.2, 0.25) is 0 Å². The SMILES string of the molecule is CC1OC(C)C(C(O)c2cccc3ncccc23)C1C. The van der Waals surface area contributed by atoms with Crippen molar-refractivity contribution in [2.45, 2.75) is 39.1 Å². The van der Waals surface area contributed by atoms with Crippen molar-refractivity contribution >= 4 is 10.9 Å². The first-order valence-electron chi connectivity index (χ1n) is 7.26. The highest BCUT2D eigenvalue weighted by atomic mass is 16.5. The summed E-state index contributed by atoms with van der Waals surface area (Å²) in [7, 11) is 0. The predicted octanol–water partition coefficient (Wildman–Crippen LogP) is 3.33. The van der Waals surface area contributed by atoms with Gasteiger partial charge < -0.3 is 9.84 Å². The Kier molecular flexibility index (Phi) is 3.48. The van der Waals surface area contributed by atoms with Crippen LogP contribution in [0.4, 0.5) is 0 Å². The lowest BCUT2D eigenvalue weighted by Crippen LogP contribution is -2.25. The maximum absolute atomic E-state index is 10.9. The van der Waals surface area contributed by atoms with Crippen molar-refractivity contribution in [3.63, 3.8) is 0 Å². The molecule has 1 saturated heterocycles. The average Bonchev–Trinajstić information content (AvgIpc) is 2.71. The summed E-state index contributed by atoms with van der Waals surface area (Å²) in [5.41, 5.74) is 1.88. The topological polar surface area (TPSA) is 42.4 Å². The summed E-state index contributed by atoms with van der Waals surface area (Å²) in [6.45, 7) is 6.29. The Morgan fingerprint density at radius 2 is 1.90 bits per heavy atom. The zero-order valence-electron chi connectivity index (χ0n) is 12.2. The van der Waals surface area contributed by atoms with Crippen molar-refractivity contribution in [3.05, 3.63) is 42.1 Å². The van der Waals surface area contributed by atoms with Gasteiger partial charge in [-0.05, 0) is 37.5 Å². The molecule has 1 aliphatic rings. The van der Waals surface area contributed by atoms with Crippen LogP contribution < -0.4 is 0 Å². The van der Waals surface area contributed by atoms with Gasteiger partial charge in [0.25, 0.3) is 0 Å². The Morgan fingerprint density at radius 3 is 2.60 bits per heavy atom. The summed E-state index contributed by atoms with van der Waals surface area (Å²) in [6.07, 6.45) is 1.53. The molecule has 3 rings (SSSR count). The monoisotopic (exact) mass is 271 g/mol. The van der Waals surface area contributed by atoms with E-state index in [2.05, 4.69) is 25.8 Å². The third-order valence-electron chi connectivity index (χ3n) is 4.68.